The lowest BCUT2D eigenvalue weighted by molar-refractivity contribution is 0.0947. The van der Waals surface area contributed by atoms with E-state index in [9.17, 15) is 9.59 Å². The molecule has 1 aromatic heterocycles. The van der Waals surface area contributed by atoms with Crippen molar-refractivity contribution >= 4 is 5.91 Å². The summed E-state index contributed by atoms with van der Waals surface area (Å²) < 4.78 is 1.38. The third-order valence-corrected chi connectivity index (χ3v) is 3.09. The van der Waals surface area contributed by atoms with Crippen molar-refractivity contribution in [3.8, 4) is 0 Å². The predicted octanol–water partition coefficient (Wildman–Crippen LogP) is 0.914. The molecule has 0 fully saturated rings. The van der Waals surface area contributed by atoms with Gasteiger partial charge in [0.1, 0.15) is 0 Å². The first-order chi connectivity index (χ1) is 8.85. The van der Waals surface area contributed by atoms with Crippen molar-refractivity contribution < 1.29 is 9.90 Å². The molecule has 5 nitrogen and oxygen atoms in total. The van der Waals surface area contributed by atoms with Crippen LogP contribution in [-0.2, 0) is 7.05 Å². The minimum absolute atomic E-state index is 0.110. The van der Waals surface area contributed by atoms with Crippen LogP contribution in [0, 0.1) is 5.41 Å². The molecule has 0 aliphatic rings. The molecular weight excluding hydrogens is 244 g/mol. The molecule has 0 aliphatic heterocycles. The van der Waals surface area contributed by atoms with Gasteiger partial charge in [-0.25, -0.2) is 0 Å². The van der Waals surface area contributed by atoms with E-state index in [-0.39, 0.29) is 23.5 Å². The maximum Gasteiger partial charge on any atom is 0.252 e. The Bertz CT molecular complexity index is 492. The Labute approximate surface area is 113 Å². The Kier molecular flexibility index (Phi) is 5.30. The van der Waals surface area contributed by atoms with Crippen molar-refractivity contribution in [2.24, 2.45) is 12.5 Å². The van der Waals surface area contributed by atoms with E-state index in [0.717, 1.165) is 12.8 Å². The Morgan fingerprint density at radius 2 is 2.11 bits per heavy atom. The van der Waals surface area contributed by atoms with Crippen LogP contribution in [0.25, 0.3) is 0 Å². The highest BCUT2D eigenvalue weighted by atomic mass is 16.3. The Hall–Kier alpha value is -1.62. The van der Waals surface area contributed by atoms with E-state index in [2.05, 4.69) is 5.32 Å². The van der Waals surface area contributed by atoms with E-state index in [0.29, 0.717) is 12.1 Å². The van der Waals surface area contributed by atoms with Gasteiger partial charge in [-0.05, 0) is 24.3 Å². The molecule has 2 N–H and O–H groups in total. The monoisotopic (exact) mass is 266 g/mol. The molecule has 1 rings (SSSR count). The number of aryl methyl sites for hydroxylation is 1. The summed E-state index contributed by atoms with van der Waals surface area (Å²) in [7, 11) is 1.61. The van der Waals surface area contributed by atoms with Crippen LogP contribution in [0.2, 0.25) is 0 Å². The molecule has 0 spiro atoms. The van der Waals surface area contributed by atoms with E-state index >= 15 is 0 Å². The van der Waals surface area contributed by atoms with Crippen LogP contribution in [-0.4, -0.2) is 28.7 Å². The Balaban J connectivity index is 2.43. The normalized spacial score (nSPS) is 11.4. The van der Waals surface area contributed by atoms with Gasteiger partial charge in [0.25, 0.3) is 5.91 Å². The fourth-order valence-electron chi connectivity index (χ4n) is 1.68. The molecule has 0 saturated heterocycles. The molecule has 0 aliphatic carbocycles. The highest BCUT2D eigenvalue weighted by Gasteiger charge is 2.15. The van der Waals surface area contributed by atoms with Gasteiger partial charge in [0, 0.05) is 32.5 Å². The number of carbonyl (C=O) groups is 1. The molecule has 0 radical (unpaired) electrons. The van der Waals surface area contributed by atoms with Gasteiger partial charge in [0.15, 0.2) is 0 Å². The van der Waals surface area contributed by atoms with Crippen LogP contribution in [0.1, 0.15) is 37.0 Å². The summed E-state index contributed by atoms with van der Waals surface area (Å²) in [4.78, 5) is 23.0. The van der Waals surface area contributed by atoms with Gasteiger partial charge >= 0.3 is 0 Å². The zero-order chi connectivity index (χ0) is 14.5. The van der Waals surface area contributed by atoms with Crippen LogP contribution in [0.15, 0.2) is 23.1 Å². The van der Waals surface area contributed by atoms with Crippen LogP contribution in [0.5, 0.6) is 0 Å². The van der Waals surface area contributed by atoms with Crippen LogP contribution in [0.3, 0.4) is 0 Å². The van der Waals surface area contributed by atoms with E-state index < -0.39 is 0 Å². The van der Waals surface area contributed by atoms with Gasteiger partial charge in [-0.15, -0.1) is 0 Å². The second kappa shape index (κ2) is 6.52. The molecule has 19 heavy (non-hydrogen) atoms. The molecule has 0 atom stereocenters. The first-order valence-corrected chi connectivity index (χ1v) is 6.41. The number of amides is 1. The zero-order valence-electron chi connectivity index (χ0n) is 11.8. The first kappa shape index (κ1) is 15.4. The summed E-state index contributed by atoms with van der Waals surface area (Å²) in [5.74, 6) is -0.183. The van der Waals surface area contributed by atoms with E-state index in [1.807, 2.05) is 13.8 Å². The van der Waals surface area contributed by atoms with Crippen LogP contribution >= 0.6 is 0 Å². The van der Waals surface area contributed by atoms with Crippen molar-refractivity contribution in [1.29, 1.82) is 0 Å². The minimum atomic E-state index is -0.183. The largest absolute Gasteiger partial charge is 0.396 e. The molecule has 106 valence electrons. The van der Waals surface area contributed by atoms with Gasteiger partial charge in [0.2, 0.25) is 5.56 Å². The van der Waals surface area contributed by atoms with Crippen molar-refractivity contribution in [1.82, 2.24) is 9.88 Å². The van der Waals surface area contributed by atoms with Gasteiger partial charge in [-0.2, -0.15) is 0 Å². The van der Waals surface area contributed by atoms with E-state index in [1.165, 1.54) is 22.9 Å². The lowest BCUT2D eigenvalue weighted by atomic mass is 9.89. The first-order valence-electron chi connectivity index (χ1n) is 6.41. The fraction of sp³-hybridized carbons (Fsp3) is 0.571. The van der Waals surface area contributed by atoms with Crippen LogP contribution < -0.4 is 10.9 Å². The quantitative estimate of drug-likeness (QED) is 0.752. The number of nitrogens with one attached hydrogen (secondary N) is 1. The second-order valence-corrected chi connectivity index (χ2v) is 5.55. The van der Waals surface area contributed by atoms with Crippen molar-refractivity contribution in [3.05, 3.63) is 34.2 Å². The summed E-state index contributed by atoms with van der Waals surface area (Å²) in [6.45, 7) is 4.68. The third-order valence-electron chi connectivity index (χ3n) is 3.09. The van der Waals surface area contributed by atoms with Crippen molar-refractivity contribution in [2.75, 3.05) is 13.2 Å². The van der Waals surface area contributed by atoms with Gasteiger partial charge in [0.05, 0.1) is 5.56 Å². The van der Waals surface area contributed by atoms with Gasteiger partial charge in [-0.3, -0.25) is 9.59 Å². The maximum absolute atomic E-state index is 11.8. The predicted molar refractivity (Wildman–Crippen MR) is 74.1 cm³/mol. The fourth-order valence-corrected chi connectivity index (χ4v) is 1.68. The Morgan fingerprint density at radius 3 is 2.68 bits per heavy atom. The molecule has 1 aromatic rings. The van der Waals surface area contributed by atoms with Gasteiger partial charge in [-0.1, -0.05) is 13.8 Å². The molecule has 0 unspecified atom stereocenters. The highest BCUT2D eigenvalue weighted by Crippen LogP contribution is 2.20. The number of rotatable bonds is 6. The Morgan fingerprint density at radius 1 is 1.42 bits per heavy atom. The summed E-state index contributed by atoms with van der Waals surface area (Å²) >= 11 is 0. The van der Waals surface area contributed by atoms with Crippen molar-refractivity contribution in [3.63, 3.8) is 0 Å². The molecule has 5 heteroatoms. The maximum atomic E-state index is 11.8. The summed E-state index contributed by atoms with van der Waals surface area (Å²) in [6, 6.07) is 2.90. The van der Waals surface area contributed by atoms with Gasteiger partial charge < -0.3 is 15.0 Å². The van der Waals surface area contributed by atoms with E-state index in [1.54, 1.807) is 7.05 Å². The molecular formula is C14H22N2O3. The number of hydrogen-bond donors (Lipinski definition) is 2. The van der Waals surface area contributed by atoms with Crippen LogP contribution in [0.4, 0.5) is 0 Å². The zero-order valence-corrected chi connectivity index (χ0v) is 11.8. The molecule has 0 aromatic carbocycles. The number of aliphatic hydroxyl groups is 1. The number of pyridine rings is 1. The SMILES string of the molecule is Cn1cc(C(=O)NCCCC(C)(C)CO)ccc1=O. The summed E-state index contributed by atoms with van der Waals surface area (Å²) in [6.07, 6.45) is 3.18. The topological polar surface area (TPSA) is 71.3 Å². The lowest BCUT2D eigenvalue weighted by Gasteiger charge is -2.21. The molecule has 0 bridgehead atoms. The average Bonchev–Trinajstić information content (AvgIpc) is 2.37. The average molecular weight is 266 g/mol. The molecule has 0 saturated carbocycles. The molecule has 1 heterocycles. The molecule has 1 amide bonds. The number of aromatic nitrogens is 1. The third kappa shape index (κ3) is 4.87. The second-order valence-electron chi connectivity index (χ2n) is 5.55. The summed E-state index contributed by atoms with van der Waals surface area (Å²) in [5, 5.41) is 11.9. The van der Waals surface area contributed by atoms with E-state index in [4.69, 9.17) is 5.11 Å². The number of nitrogens with zero attached hydrogens (tertiary/aromatic N) is 1. The standard InChI is InChI=1S/C14H22N2O3/c1-14(2,10-17)7-4-8-15-13(19)11-5-6-12(18)16(3)9-11/h5-6,9,17H,4,7-8,10H2,1-3H3,(H,15,19). The number of carbonyl (C=O) groups excluding carboxylic acids is 1. The smallest absolute Gasteiger partial charge is 0.252 e. The van der Waals surface area contributed by atoms with Crippen molar-refractivity contribution in [2.45, 2.75) is 26.7 Å². The number of aliphatic hydroxyl groups excluding tert-OH is 1. The lowest BCUT2D eigenvalue weighted by Crippen LogP contribution is -2.28. The minimum Gasteiger partial charge on any atom is -0.396 e. The summed E-state index contributed by atoms with van der Waals surface area (Å²) in [5.41, 5.74) is 0.228. The highest BCUT2D eigenvalue weighted by molar-refractivity contribution is 5.93. The number of hydrogen-bond acceptors (Lipinski definition) is 3.